The maximum Gasteiger partial charge on any atom is 0.0610 e. The summed E-state index contributed by atoms with van der Waals surface area (Å²) >= 11 is 0. The molecule has 1 heterocycles. The average molecular weight is 224 g/mol. The molecule has 0 aliphatic heterocycles. The molecule has 0 spiro atoms. The van der Waals surface area contributed by atoms with E-state index in [0.717, 1.165) is 13.0 Å². The Bertz CT molecular complexity index is 351. The first-order chi connectivity index (χ1) is 7.43. The van der Waals surface area contributed by atoms with E-state index in [4.69, 9.17) is 0 Å². The van der Waals surface area contributed by atoms with Crippen molar-refractivity contribution in [3.63, 3.8) is 0 Å². The highest BCUT2D eigenvalue weighted by atomic mass is 16.3. The molecule has 92 valence electrons. The Balaban J connectivity index is 2.71. The minimum Gasteiger partial charge on any atom is -0.394 e. The number of nitrogens with zero attached hydrogens (tertiary/aromatic N) is 1. The van der Waals surface area contributed by atoms with E-state index in [0.29, 0.717) is 0 Å². The molecular formula is C13H24N2O. The van der Waals surface area contributed by atoms with Crippen molar-refractivity contribution in [1.82, 2.24) is 9.88 Å². The van der Waals surface area contributed by atoms with Crippen molar-refractivity contribution in [2.45, 2.75) is 46.2 Å². The van der Waals surface area contributed by atoms with Crippen LogP contribution in [0.2, 0.25) is 0 Å². The molecule has 0 fully saturated rings. The van der Waals surface area contributed by atoms with Crippen molar-refractivity contribution >= 4 is 0 Å². The largest absolute Gasteiger partial charge is 0.394 e. The maximum absolute atomic E-state index is 9.32. The number of nitrogens with one attached hydrogen (secondary N) is 1. The van der Waals surface area contributed by atoms with E-state index in [-0.39, 0.29) is 12.1 Å². The number of rotatable bonds is 5. The Labute approximate surface area is 98.5 Å². The first kappa shape index (κ1) is 13.3. The SMILES string of the molecule is CCC(C)(CO)NCc1cc(C)n(C)c1C. The van der Waals surface area contributed by atoms with Gasteiger partial charge in [0, 0.05) is 30.5 Å². The normalized spacial score (nSPS) is 15.1. The summed E-state index contributed by atoms with van der Waals surface area (Å²) in [6.07, 6.45) is 0.925. The number of aromatic nitrogens is 1. The van der Waals surface area contributed by atoms with Crippen LogP contribution in [0.4, 0.5) is 0 Å². The van der Waals surface area contributed by atoms with Crippen molar-refractivity contribution in [1.29, 1.82) is 0 Å². The summed E-state index contributed by atoms with van der Waals surface area (Å²) < 4.78 is 2.19. The molecule has 1 unspecified atom stereocenters. The smallest absolute Gasteiger partial charge is 0.0610 e. The maximum atomic E-state index is 9.32. The lowest BCUT2D eigenvalue weighted by molar-refractivity contribution is 0.169. The molecule has 1 rings (SSSR count). The highest BCUT2D eigenvalue weighted by molar-refractivity contribution is 5.26. The third-order valence-electron chi connectivity index (χ3n) is 3.71. The molecule has 0 saturated carbocycles. The fraction of sp³-hybridized carbons (Fsp3) is 0.692. The van der Waals surface area contributed by atoms with E-state index >= 15 is 0 Å². The third-order valence-corrected chi connectivity index (χ3v) is 3.71. The molecule has 0 aliphatic rings. The molecule has 0 radical (unpaired) electrons. The Morgan fingerprint density at radius 3 is 2.44 bits per heavy atom. The standard InChI is InChI=1S/C13H24N2O/c1-6-13(4,9-16)14-8-12-7-10(2)15(5)11(12)3/h7,14,16H,6,8-9H2,1-5H3. The van der Waals surface area contributed by atoms with E-state index in [1.807, 2.05) is 0 Å². The van der Waals surface area contributed by atoms with E-state index in [2.05, 4.69) is 50.7 Å². The van der Waals surface area contributed by atoms with Crippen molar-refractivity contribution < 1.29 is 5.11 Å². The van der Waals surface area contributed by atoms with E-state index in [1.54, 1.807) is 0 Å². The highest BCUT2D eigenvalue weighted by Gasteiger charge is 2.20. The summed E-state index contributed by atoms with van der Waals surface area (Å²) in [5.74, 6) is 0. The van der Waals surface area contributed by atoms with E-state index in [1.165, 1.54) is 17.0 Å². The van der Waals surface area contributed by atoms with Crippen LogP contribution in [0.25, 0.3) is 0 Å². The Morgan fingerprint density at radius 1 is 1.44 bits per heavy atom. The van der Waals surface area contributed by atoms with Gasteiger partial charge in [-0.05, 0) is 38.8 Å². The van der Waals surface area contributed by atoms with Gasteiger partial charge in [0.2, 0.25) is 0 Å². The van der Waals surface area contributed by atoms with Gasteiger partial charge in [-0.15, -0.1) is 0 Å². The van der Waals surface area contributed by atoms with Gasteiger partial charge in [0.15, 0.2) is 0 Å². The number of hydrogen-bond acceptors (Lipinski definition) is 2. The predicted octanol–water partition coefficient (Wildman–Crippen LogP) is 1.89. The predicted molar refractivity (Wildman–Crippen MR) is 67.5 cm³/mol. The molecule has 1 aromatic rings. The van der Waals surface area contributed by atoms with Crippen LogP contribution in [0.15, 0.2) is 6.07 Å². The van der Waals surface area contributed by atoms with Crippen molar-refractivity contribution in [3.05, 3.63) is 23.0 Å². The van der Waals surface area contributed by atoms with Crippen molar-refractivity contribution in [3.8, 4) is 0 Å². The van der Waals surface area contributed by atoms with Crippen molar-refractivity contribution in [2.75, 3.05) is 6.61 Å². The quantitative estimate of drug-likeness (QED) is 0.801. The van der Waals surface area contributed by atoms with Gasteiger partial charge in [0.25, 0.3) is 0 Å². The van der Waals surface area contributed by atoms with Gasteiger partial charge in [0.1, 0.15) is 0 Å². The van der Waals surface area contributed by atoms with Crippen LogP contribution >= 0.6 is 0 Å². The number of aliphatic hydroxyl groups excluding tert-OH is 1. The zero-order valence-corrected chi connectivity index (χ0v) is 11.1. The summed E-state index contributed by atoms with van der Waals surface area (Å²) in [6.45, 7) is 9.38. The summed E-state index contributed by atoms with van der Waals surface area (Å²) in [6, 6.07) is 2.20. The number of aryl methyl sites for hydroxylation is 1. The molecule has 1 aromatic heterocycles. The summed E-state index contributed by atoms with van der Waals surface area (Å²) in [5, 5.41) is 12.8. The lowest BCUT2D eigenvalue weighted by Gasteiger charge is -2.27. The lowest BCUT2D eigenvalue weighted by atomic mass is 10.00. The molecule has 3 heteroatoms. The summed E-state index contributed by atoms with van der Waals surface area (Å²) in [4.78, 5) is 0. The van der Waals surface area contributed by atoms with Crippen LogP contribution in [0, 0.1) is 13.8 Å². The minimum atomic E-state index is -0.170. The fourth-order valence-corrected chi connectivity index (χ4v) is 1.71. The highest BCUT2D eigenvalue weighted by Crippen LogP contribution is 2.15. The molecule has 0 aromatic carbocycles. The second-order valence-corrected chi connectivity index (χ2v) is 4.88. The van der Waals surface area contributed by atoms with Gasteiger partial charge < -0.3 is 15.0 Å². The molecule has 0 amide bonds. The topological polar surface area (TPSA) is 37.2 Å². The average Bonchev–Trinajstić information content (AvgIpc) is 2.54. The van der Waals surface area contributed by atoms with Gasteiger partial charge in [-0.2, -0.15) is 0 Å². The zero-order valence-electron chi connectivity index (χ0n) is 11.1. The van der Waals surface area contributed by atoms with Gasteiger partial charge in [-0.25, -0.2) is 0 Å². The first-order valence-corrected chi connectivity index (χ1v) is 5.91. The van der Waals surface area contributed by atoms with Crippen LogP contribution in [-0.4, -0.2) is 21.8 Å². The third kappa shape index (κ3) is 2.66. The number of aliphatic hydroxyl groups is 1. The Morgan fingerprint density at radius 2 is 2.06 bits per heavy atom. The molecule has 3 nitrogen and oxygen atoms in total. The molecule has 0 saturated heterocycles. The van der Waals surface area contributed by atoms with Gasteiger partial charge in [-0.3, -0.25) is 0 Å². The Hall–Kier alpha value is -0.800. The van der Waals surface area contributed by atoms with Gasteiger partial charge in [-0.1, -0.05) is 6.92 Å². The monoisotopic (exact) mass is 224 g/mol. The number of hydrogen-bond donors (Lipinski definition) is 2. The lowest BCUT2D eigenvalue weighted by Crippen LogP contribution is -2.44. The zero-order chi connectivity index (χ0) is 12.3. The molecule has 0 aliphatic carbocycles. The summed E-state index contributed by atoms with van der Waals surface area (Å²) in [5.41, 5.74) is 3.71. The second-order valence-electron chi connectivity index (χ2n) is 4.88. The minimum absolute atomic E-state index is 0.170. The molecule has 2 N–H and O–H groups in total. The summed E-state index contributed by atoms with van der Waals surface area (Å²) in [7, 11) is 2.08. The van der Waals surface area contributed by atoms with Crippen molar-refractivity contribution in [2.24, 2.45) is 7.05 Å². The van der Waals surface area contributed by atoms with Gasteiger partial charge in [0.05, 0.1) is 6.61 Å². The fourth-order valence-electron chi connectivity index (χ4n) is 1.71. The Kier molecular flexibility index (Phi) is 4.16. The molecule has 1 atom stereocenters. The van der Waals surface area contributed by atoms with Crippen LogP contribution in [0.3, 0.4) is 0 Å². The van der Waals surface area contributed by atoms with Crippen LogP contribution in [0.5, 0.6) is 0 Å². The molecule has 0 bridgehead atoms. The molecule has 16 heavy (non-hydrogen) atoms. The first-order valence-electron chi connectivity index (χ1n) is 5.91. The van der Waals surface area contributed by atoms with Crippen LogP contribution in [0.1, 0.15) is 37.2 Å². The van der Waals surface area contributed by atoms with Crippen LogP contribution < -0.4 is 5.32 Å². The van der Waals surface area contributed by atoms with Gasteiger partial charge >= 0.3 is 0 Å². The second kappa shape index (κ2) is 5.02. The molecular weight excluding hydrogens is 200 g/mol. The van der Waals surface area contributed by atoms with E-state index < -0.39 is 0 Å². The van der Waals surface area contributed by atoms with Crippen LogP contribution in [-0.2, 0) is 13.6 Å². The van der Waals surface area contributed by atoms with E-state index in [9.17, 15) is 5.11 Å².